The van der Waals surface area contributed by atoms with Crippen LogP contribution in [0, 0.1) is 6.92 Å². The summed E-state index contributed by atoms with van der Waals surface area (Å²) in [5.41, 5.74) is 7.37. The third kappa shape index (κ3) is 3.37. The number of hydrogen-bond donors (Lipinski definition) is 1. The van der Waals surface area contributed by atoms with Gasteiger partial charge < -0.3 is 15.2 Å². The fourth-order valence-electron chi connectivity index (χ4n) is 1.59. The van der Waals surface area contributed by atoms with E-state index in [9.17, 15) is 0 Å². The summed E-state index contributed by atoms with van der Waals surface area (Å²) >= 11 is 0. The first-order valence-electron chi connectivity index (χ1n) is 6.23. The van der Waals surface area contributed by atoms with Crippen molar-refractivity contribution in [3.63, 3.8) is 0 Å². The molecule has 4 heteroatoms. The van der Waals surface area contributed by atoms with E-state index in [0.717, 1.165) is 11.3 Å². The summed E-state index contributed by atoms with van der Waals surface area (Å²) in [5, 5.41) is 0. The first kappa shape index (κ1) is 13.2. The fraction of sp³-hybridized carbons (Fsp3) is 0.267. The van der Waals surface area contributed by atoms with E-state index in [4.69, 9.17) is 15.2 Å². The van der Waals surface area contributed by atoms with Crippen LogP contribution in [0.1, 0.15) is 19.4 Å². The molecule has 19 heavy (non-hydrogen) atoms. The van der Waals surface area contributed by atoms with Gasteiger partial charge in [-0.05, 0) is 38.5 Å². The number of aromatic nitrogens is 1. The molecule has 1 aromatic carbocycles. The summed E-state index contributed by atoms with van der Waals surface area (Å²) in [5.74, 6) is 1.65. The highest BCUT2D eigenvalue weighted by molar-refractivity contribution is 5.50. The second kappa shape index (κ2) is 5.61. The van der Waals surface area contributed by atoms with E-state index in [2.05, 4.69) is 4.98 Å². The normalized spacial score (nSPS) is 10.5. The number of para-hydroxylation sites is 1. The number of pyridine rings is 1. The number of nitrogens with zero attached hydrogens (tertiary/aromatic N) is 1. The lowest BCUT2D eigenvalue weighted by molar-refractivity contribution is 0.232. The van der Waals surface area contributed by atoms with Crippen molar-refractivity contribution in [3.8, 4) is 17.5 Å². The Morgan fingerprint density at radius 3 is 2.53 bits per heavy atom. The quantitative estimate of drug-likeness (QED) is 0.911. The average molecular weight is 258 g/mol. The number of aryl methyl sites for hydroxylation is 1. The minimum Gasteiger partial charge on any atom is -0.473 e. The average Bonchev–Trinajstić information content (AvgIpc) is 2.35. The highest BCUT2D eigenvalue weighted by Gasteiger charge is 2.08. The second-order valence-corrected chi connectivity index (χ2v) is 4.58. The second-order valence-electron chi connectivity index (χ2n) is 4.58. The maximum atomic E-state index is 5.82. The molecule has 0 saturated carbocycles. The number of benzene rings is 1. The van der Waals surface area contributed by atoms with Crippen molar-refractivity contribution < 1.29 is 9.47 Å². The highest BCUT2D eigenvalue weighted by atomic mass is 16.5. The van der Waals surface area contributed by atoms with Crippen LogP contribution in [0.4, 0.5) is 5.69 Å². The maximum absolute atomic E-state index is 5.82. The zero-order chi connectivity index (χ0) is 13.8. The number of hydrogen-bond acceptors (Lipinski definition) is 4. The van der Waals surface area contributed by atoms with E-state index >= 15 is 0 Å². The molecule has 0 bridgehead atoms. The number of nitrogen functional groups attached to an aromatic ring is 1. The number of nitrogens with two attached hydrogens (primary N) is 1. The van der Waals surface area contributed by atoms with E-state index < -0.39 is 0 Å². The van der Waals surface area contributed by atoms with E-state index in [0.29, 0.717) is 17.4 Å². The van der Waals surface area contributed by atoms with Gasteiger partial charge in [-0.3, -0.25) is 0 Å². The summed E-state index contributed by atoms with van der Waals surface area (Å²) in [4.78, 5) is 4.28. The van der Waals surface area contributed by atoms with Crippen LogP contribution in [0.3, 0.4) is 0 Å². The molecule has 0 aliphatic heterocycles. The molecule has 4 nitrogen and oxygen atoms in total. The predicted molar refractivity (Wildman–Crippen MR) is 75.7 cm³/mol. The molecule has 0 fully saturated rings. The van der Waals surface area contributed by atoms with Gasteiger partial charge in [0.15, 0.2) is 0 Å². The molecule has 1 aromatic heterocycles. The summed E-state index contributed by atoms with van der Waals surface area (Å²) < 4.78 is 11.3. The van der Waals surface area contributed by atoms with Crippen molar-refractivity contribution in [1.29, 1.82) is 0 Å². The molecule has 2 aromatic rings. The maximum Gasteiger partial charge on any atom is 0.240 e. The van der Waals surface area contributed by atoms with Crippen molar-refractivity contribution in [2.24, 2.45) is 0 Å². The smallest absolute Gasteiger partial charge is 0.240 e. The van der Waals surface area contributed by atoms with Gasteiger partial charge in [0.1, 0.15) is 5.75 Å². The molecule has 0 aliphatic rings. The molecule has 0 atom stereocenters. The summed E-state index contributed by atoms with van der Waals surface area (Å²) in [6.45, 7) is 5.84. The zero-order valence-electron chi connectivity index (χ0n) is 11.4. The van der Waals surface area contributed by atoms with Crippen molar-refractivity contribution in [2.45, 2.75) is 26.9 Å². The van der Waals surface area contributed by atoms with Crippen LogP contribution in [-0.2, 0) is 0 Å². The first-order valence-corrected chi connectivity index (χ1v) is 6.23. The molecule has 2 rings (SSSR count). The first-order chi connectivity index (χ1) is 9.06. The third-order valence-electron chi connectivity index (χ3n) is 2.52. The van der Waals surface area contributed by atoms with Gasteiger partial charge in [0, 0.05) is 6.07 Å². The van der Waals surface area contributed by atoms with Gasteiger partial charge in [-0.1, -0.05) is 18.2 Å². The number of anilines is 1. The van der Waals surface area contributed by atoms with Crippen molar-refractivity contribution >= 4 is 5.69 Å². The lowest BCUT2D eigenvalue weighted by Crippen LogP contribution is -2.09. The van der Waals surface area contributed by atoms with Crippen LogP contribution in [0.5, 0.6) is 17.5 Å². The number of rotatable bonds is 4. The molecule has 0 radical (unpaired) electrons. The SMILES string of the molecule is Cc1ccccc1Oc1ccc(N)c(OC(C)C)n1. The fourth-order valence-corrected chi connectivity index (χ4v) is 1.59. The van der Waals surface area contributed by atoms with Crippen LogP contribution in [0.2, 0.25) is 0 Å². The molecular weight excluding hydrogens is 240 g/mol. The Kier molecular flexibility index (Phi) is 3.90. The van der Waals surface area contributed by atoms with Gasteiger partial charge in [-0.2, -0.15) is 4.98 Å². The molecule has 1 heterocycles. The number of ether oxygens (including phenoxy) is 2. The Bertz CT molecular complexity index is 568. The zero-order valence-corrected chi connectivity index (χ0v) is 11.4. The molecule has 0 spiro atoms. The molecule has 0 aliphatic carbocycles. The molecule has 2 N–H and O–H groups in total. The van der Waals surface area contributed by atoms with Crippen molar-refractivity contribution in [1.82, 2.24) is 4.98 Å². The standard InChI is InChI=1S/C15H18N2O2/c1-10(2)18-15-12(16)8-9-14(17-15)19-13-7-5-4-6-11(13)3/h4-10H,16H2,1-3H3. The minimum absolute atomic E-state index is 0.0171. The van der Waals surface area contributed by atoms with E-state index in [1.165, 1.54) is 0 Å². The predicted octanol–water partition coefficient (Wildman–Crippen LogP) is 3.55. The van der Waals surface area contributed by atoms with Crippen LogP contribution < -0.4 is 15.2 Å². The van der Waals surface area contributed by atoms with E-state index in [1.54, 1.807) is 12.1 Å². The van der Waals surface area contributed by atoms with E-state index in [-0.39, 0.29) is 6.10 Å². The lowest BCUT2D eigenvalue weighted by Gasteiger charge is -2.13. The highest BCUT2D eigenvalue weighted by Crippen LogP contribution is 2.28. The minimum atomic E-state index is 0.0171. The Morgan fingerprint density at radius 1 is 1.11 bits per heavy atom. The monoisotopic (exact) mass is 258 g/mol. The molecule has 100 valence electrons. The molecule has 0 unspecified atom stereocenters. The molecule has 0 saturated heterocycles. The van der Waals surface area contributed by atoms with Gasteiger partial charge in [-0.15, -0.1) is 0 Å². The van der Waals surface area contributed by atoms with Gasteiger partial charge in [0.2, 0.25) is 11.8 Å². The Balaban J connectivity index is 2.24. The van der Waals surface area contributed by atoms with Gasteiger partial charge in [0.05, 0.1) is 11.8 Å². The molecule has 0 amide bonds. The third-order valence-corrected chi connectivity index (χ3v) is 2.52. The van der Waals surface area contributed by atoms with Gasteiger partial charge in [0.25, 0.3) is 0 Å². The Hall–Kier alpha value is -2.23. The van der Waals surface area contributed by atoms with Crippen molar-refractivity contribution in [3.05, 3.63) is 42.0 Å². The van der Waals surface area contributed by atoms with Gasteiger partial charge >= 0.3 is 0 Å². The summed E-state index contributed by atoms with van der Waals surface area (Å²) in [7, 11) is 0. The van der Waals surface area contributed by atoms with Crippen LogP contribution in [-0.4, -0.2) is 11.1 Å². The van der Waals surface area contributed by atoms with Crippen LogP contribution >= 0.6 is 0 Å². The van der Waals surface area contributed by atoms with Crippen molar-refractivity contribution in [2.75, 3.05) is 5.73 Å². The largest absolute Gasteiger partial charge is 0.473 e. The topological polar surface area (TPSA) is 57.4 Å². The Labute approximate surface area is 113 Å². The van der Waals surface area contributed by atoms with Crippen LogP contribution in [0.15, 0.2) is 36.4 Å². The van der Waals surface area contributed by atoms with Crippen LogP contribution in [0.25, 0.3) is 0 Å². The Morgan fingerprint density at radius 2 is 1.84 bits per heavy atom. The summed E-state index contributed by atoms with van der Waals surface area (Å²) in [6.07, 6.45) is 0.0171. The molecular formula is C15H18N2O2. The van der Waals surface area contributed by atoms with Gasteiger partial charge in [-0.25, -0.2) is 0 Å². The summed E-state index contributed by atoms with van der Waals surface area (Å²) in [6, 6.07) is 11.2. The lowest BCUT2D eigenvalue weighted by atomic mass is 10.2. The van der Waals surface area contributed by atoms with E-state index in [1.807, 2.05) is 45.0 Å².